The predicted octanol–water partition coefficient (Wildman–Crippen LogP) is 1.10. The zero-order valence-electron chi connectivity index (χ0n) is 10.6. The Hall–Kier alpha value is -1.87. The average Bonchev–Trinajstić information content (AvgIpc) is 2.83. The maximum Gasteiger partial charge on any atom is 0.328 e. The number of azide groups is 1. The Balaban J connectivity index is 2.27. The summed E-state index contributed by atoms with van der Waals surface area (Å²) in [5.74, 6) is 0. The third-order valence-electron chi connectivity index (χ3n) is 3.04. The lowest BCUT2D eigenvalue weighted by Crippen LogP contribution is -2.28. The van der Waals surface area contributed by atoms with Crippen LogP contribution in [0.25, 0.3) is 10.4 Å². The lowest BCUT2D eigenvalue weighted by molar-refractivity contribution is -0.0626. The van der Waals surface area contributed by atoms with Gasteiger partial charge in [0.15, 0.2) is 0 Å². The predicted molar refractivity (Wildman–Crippen MR) is 70.3 cm³/mol. The number of hydrogen-bond acceptors (Lipinski definition) is 6. The van der Waals surface area contributed by atoms with Gasteiger partial charge in [0.05, 0.1) is 6.61 Å². The summed E-state index contributed by atoms with van der Waals surface area (Å²) in [4.78, 5) is 21.8. The molecule has 0 bridgehead atoms. The average molecular weight is 299 g/mol. The van der Waals surface area contributed by atoms with E-state index in [1.54, 1.807) is 13.1 Å². The fourth-order valence-corrected chi connectivity index (χ4v) is 2.17. The van der Waals surface area contributed by atoms with Gasteiger partial charge < -0.3 is 14.7 Å². The first-order chi connectivity index (χ1) is 9.56. The molecular weight excluding hydrogens is 286 g/mol. The summed E-state index contributed by atoms with van der Waals surface area (Å²) in [7, 11) is 0. The van der Waals surface area contributed by atoms with Crippen LogP contribution in [-0.2, 0) is 9.57 Å². The number of rotatable bonds is 4. The second-order valence-electron chi connectivity index (χ2n) is 4.34. The van der Waals surface area contributed by atoms with Gasteiger partial charge in [0, 0.05) is 23.1 Å². The van der Waals surface area contributed by atoms with Crippen molar-refractivity contribution in [2.75, 3.05) is 6.61 Å². The lowest BCUT2D eigenvalue weighted by atomic mass is 10.2. The molecule has 108 valence electrons. The van der Waals surface area contributed by atoms with Gasteiger partial charge in [-0.1, -0.05) is 12.2 Å². The summed E-state index contributed by atoms with van der Waals surface area (Å²) < 4.78 is 7.24. The first-order valence-corrected chi connectivity index (χ1v) is 6.26. The van der Waals surface area contributed by atoms with Gasteiger partial charge in [-0.05, 0) is 12.5 Å². The van der Waals surface area contributed by atoms with E-state index in [-0.39, 0.29) is 13.0 Å². The summed E-state index contributed by atoms with van der Waals surface area (Å²) in [6, 6.07) is 0. The van der Waals surface area contributed by atoms with Gasteiger partial charge in [-0.15, -0.1) is 0 Å². The molecule has 0 radical (unpaired) electrons. The molecule has 1 aromatic rings. The Bertz CT molecular complexity index is 650. The molecule has 3 atom stereocenters. The summed E-state index contributed by atoms with van der Waals surface area (Å²) >= 11 is 4.97. The molecule has 0 saturated carbocycles. The highest BCUT2D eigenvalue weighted by Crippen LogP contribution is 2.29. The quantitative estimate of drug-likeness (QED) is 0.283. The molecule has 1 unspecified atom stereocenters. The molecule has 0 aliphatic carbocycles. The standard InChI is InChI=1S/C10H13N5O4S/c1-5-3-15(10(17)12-9(5)20)8-2-6(19-14-13-11)7(4-16)18-8/h3,6-8,16H,2,4H2,1H3,(H,12,17,20)/t6?,7-,8-/m1/s1. The molecule has 9 nitrogen and oxygen atoms in total. The Morgan fingerprint density at radius 1 is 1.80 bits per heavy atom. The molecule has 0 spiro atoms. The van der Waals surface area contributed by atoms with Crippen LogP contribution in [0.3, 0.4) is 0 Å². The number of aliphatic hydroxyl groups excluding tert-OH is 1. The van der Waals surface area contributed by atoms with Crippen LogP contribution in [-0.4, -0.2) is 33.5 Å². The van der Waals surface area contributed by atoms with Crippen molar-refractivity contribution in [2.24, 2.45) is 5.28 Å². The molecule has 0 amide bonds. The molecule has 2 rings (SSSR count). The zero-order valence-corrected chi connectivity index (χ0v) is 11.4. The molecule has 0 aromatic carbocycles. The van der Waals surface area contributed by atoms with Crippen LogP contribution in [0.5, 0.6) is 0 Å². The maximum atomic E-state index is 11.9. The molecule has 1 fully saturated rings. The molecule has 1 aliphatic heterocycles. The topological polar surface area (TPSA) is 125 Å². The summed E-state index contributed by atoms with van der Waals surface area (Å²) in [5, 5.41) is 12.2. The zero-order chi connectivity index (χ0) is 14.7. The normalized spacial score (nSPS) is 25.2. The van der Waals surface area contributed by atoms with Crippen LogP contribution in [0.15, 0.2) is 16.3 Å². The summed E-state index contributed by atoms with van der Waals surface area (Å²) in [6.07, 6.45) is -0.0500. The number of H-pyrrole nitrogens is 1. The van der Waals surface area contributed by atoms with E-state index in [0.29, 0.717) is 4.64 Å². The molecule has 2 heterocycles. The van der Waals surface area contributed by atoms with Crippen molar-refractivity contribution in [3.05, 3.63) is 37.3 Å². The largest absolute Gasteiger partial charge is 0.427 e. The number of aromatic nitrogens is 2. The van der Waals surface area contributed by atoms with E-state index < -0.39 is 24.1 Å². The molecular formula is C10H13N5O4S. The van der Waals surface area contributed by atoms with Crippen molar-refractivity contribution in [1.29, 1.82) is 0 Å². The van der Waals surface area contributed by atoms with E-state index in [1.807, 2.05) is 0 Å². The van der Waals surface area contributed by atoms with E-state index in [1.165, 1.54) is 4.57 Å². The van der Waals surface area contributed by atoms with Gasteiger partial charge in [0.1, 0.15) is 28.4 Å². The van der Waals surface area contributed by atoms with Crippen LogP contribution in [0.4, 0.5) is 0 Å². The fourth-order valence-electron chi connectivity index (χ4n) is 2.03. The maximum absolute atomic E-state index is 11.9. The second-order valence-corrected chi connectivity index (χ2v) is 4.75. The van der Waals surface area contributed by atoms with Crippen molar-refractivity contribution < 1.29 is 14.7 Å². The monoisotopic (exact) mass is 299 g/mol. The van der Waals surface area contributed by atoms with Crippen molar-refractivity contribution >= 4 is 12.2 Å². The Morgan fingerprint density at radius 2 is 2.55 bits per heavy atom. The van der Waals surface area contributed by atoms with Gasteiger partial charge in [-0.25, -0.2) is 4.79 Å². The number of nitrogens with zero attached hydrogens (tertiary/aromatic N) is 4. The van der Waals surface area contributed by atoms with Crippen LogP contribution in [0, 0.1) is 11.6 Å². The SMILES string of the molecule is Cc1cn([C@H]2CC(ON=[N+]=[N-])[C@@H](CO)O2)c(=O)[nH]c1=S. The number of aromatic amines is 1. The van der Waals surface area contributed by atoms with E-state index in [0.717, 1.165) is 5.56 Å². The first-order valence-electron chi connectivity index (χ1n) is 5.85. The van der Waals surface area contributed by atoms with Crippen molar-refractivity contribution in [2.45, 2.75) is 31.8 Å². The van der Waals surface area contributed by atoms with Gasteiger partial charge in [-0.3, -0.25) is 9.55 Å². The minimum Gasteiger partial charge on any atom is -0.427 e. The number of ether oxygens (including phenoxy) is 1. The van der Waals surface area contributed by atoms with Gasteiger partial charge >= 0.3 is 5.69 Å². The van der Waals surface area contributed by atoms with Crippen LogP contribution >= 0.6 is 12.2 Å². The molecule has 1 aliphatic rings. The molecule has 20 heavy (non-hydrogen) atoms. The van der Waals surface area contributed by atoms with Crippen molar-refractivity contribution in [1.82, 2.24) is 9.55 Å². The lowest BCUT2D eigenvalue weighted by Gasteiger charge is -2.15. The number of aliphatic hydroxyl groups is 1. The third kappa shape index (κ3) is 2.83. The van der Waals surface area contributed by atoms with Gasteiger partial charge in [-0.2, -0.15) is 0 Å². The molecule has 1 aromatic heterocycles. The molecule has 2 N–H and O–H groups in total. The van der Waals surface area contributed by atoms with E-state index in [2.05, 4.69) is 15.2 Å². The Morgan fingerprint density at radius 3 is 3.20 bits per heavy atom. The fraction of sp³-hybridized carbons (Fsp3) is 0.600. The molecule has 1 saturated heterocycles. The third-order valence-corrected chi connectivity index (χ3v) is 3.46. The minimum atomic E-state index is -0.666. The highest BCUT2D eigenvalue weighted by atomic mass is 32.1. The Labute approximate surface area is 118 Å². The van der Waals surface area contributed by atoms with Gasteiger partial charge in [0.2, 0.25) is 0 Å². The number of nitrogens with one attached hydrogen (secondary N) is 1. The number of hydrogen-bond donors (Lipinski definition) is 2. The van der Waals surface area contributed by atoms with Crippen LogP contribution in [0.2, 0.25) is 0 Å². The van der Waals surface area contributed by atoms with E-state index >= 15 is 0 Å². The van der Waals surface area contributed by atoms with Crippen LogP contribution < -0.4 is 5.69 Å². The summed E-state index contributed by atoms with van der Waals surface area (Å²) in [5.41, 5.74) is 8.55. The van der Waals surface area contributed by atoms with Crippen LogP contribution in [0.1, 0.15) is 18.2 Å². The molecule has 10 heteroatoms. The van der Waals surface area contributed by atoms with Crippen molar-refractivity contribution in [3.63, 3.8) is 0 Å². The highest BCUT2D eigenvalue weighted by Gasteiger charge is 2.37. The Kier molecular flexibility index (Phi) is 4.40. The van der Waals surface area contributed by atoms with E-state index in [4.69, 9.17) is 27.3 Å². The van der Waals surface area contributed by atoms with Gasteiger partial charge in [0.25, 0.3) is 0 Å². The number of aryl methyl sites for hydroxylation is 1. The first kappa shape index (κ1) is 14.5. The smallest absolute Gasteiger partial charge is 0.328 e. The van der Waals surface area contributed by atoms with Crippen molar-refractivity contribution in [3.8, 4) is 0 Å². The van der Waals surface area contributed by atoms with E-state index in [9.17, 15) is 9.90 Å². The second kappa shape index (κ2) is 6.06. The minimum absolute atomic E-state index is 0.272. The summed E-state index contributed by atoms with van der Waals surface area (Å²) in [6.45, 7) is 1.46. The highest BCUT2D eigenvalue weighted by molar-refractivity contribution is 7.71.